The Hall–Kier alpha value is -3.21. The molecule has 0 saturated carbocycles. The number of aliphatic carboxylic acids is 1. The van der Waals surface area contributed by atoms with Crippen molar-refractivity contribution in [2.75, 3.05) is 45.9 Å². The number of quaternary nitrogens is 2. The second-order valence-electron chi connectivity index (χ2n) is 11.0. The van der Waals surface area contributed by atoms with E-state index in [1.165, 1.54) is 50.1 Å². The highest BCUT2D eigenvalue weighted by molar-refractivity contribution is 7.69. The summed E-state index contributed by atoms with van der Waals surface area (Å²) in [6.45, 7) is 21.6. The molecule has 1 atom stereocenters. The number of carbonyl (C=O) groups excluding carboxylic acids is 2. The van der Waals surface area contributed by atoms with Crippen molar-refractivity contribution >= 4 is 19.1 Å². The minimum Gasteiger partial charge on any atom is -0.773 e. The maximum Gasteiger partial charge on any atom is 0.200 e. The van der Waals surface area contributed by atoms with Crippen molar-refractivity contribution in [1.29, 1.82) is 0 Å². The molecule has 0 aliphatic rings. The Morgan fingerprint density at radius 1 is 0.804 bits per heavy atom. The van der Waals surface area contributed by atoms with Crippen LogP contribution in [0.25, 0.3) is 0 Å². The Morgan fingerprint density at radius 3 is 1.54 bits per heavy atom. The van der Waals surface area contributed by atoms with Gasteiger partial charge in [0.05, 0.1) is 57.5 Å². The maximum atomic E-state index is 12.5. The average molecular weight is 660 g/mol. The lowest BCUT2D eigenvalue weighted by molar-refractivity contribution is -0.894. The van der Waals surface area contributed by atoms with Gasteiger partial charge in [-0.25, -0.2) is 4.68 Å². The van der Waals surface area contributed by atoms with Gasteiger partial charge in [-0.05, 0) is 52.7 Å². The summed E-state index contributed by atoms with van der Waals surface area (Å²) in [6.07, 6.45) is 1.67. The number of rotatable bonds is 17. The van der Waals surface area contributed by atoms with Crippen LogP contribution in [0, 0.1) is 0 Å². The number of nitrogens with zero attached hydrogens (tertiary/aromatic N) is 3. The van der Waals surface area contributed by atoms with Crippen LogP contribution in [0.4, 0.5) is 0 Å². The first kappa shape index (κ1) is 40.8. The Kier molecular flexibility index (Phi) is 19.1. The fourth-order valence-corrected chi connectivity index (χ4v) is 5.33. The van der Waals surface area contributed by atoms with Gasteiger partial charge in [-0.3, -0.25) is 4.79 Å². The van der Waals surface area contributed by atoms with Crippen molar-refractivity contribution in [3.8, 4) is 0 Å². The molecule has 12 heteroatoms. The van der Waals surface area contributed by atoms with Crippen molar-refractivity contribution in [2.45, 2.75) is 73.3 Å². The van der Waals surface area contributed by atoms with Gasteiger partial charge in [-0.2, -0.15) is 0 Å². The van der Waals surface area contributed by atoms with E-state index < -0.39 is 24.6 Å². The number of nitrogens with one attached hydrogen (secondary N) is 2. The van der Waals surface area contributed by atoms with E-state index in [0.717, 1.165) is 18.1 Å². The van der Waals surface area contributed by atoms with E-state index in [2.05, 4.69) is 56.4 Å². The zero-order valence-electron chi connectivity index (χ0n) is 28.7. The fourth-order valence-electron chi connectivity index (χ4n) is 4.81. The molecule has 0 spiro atoms. The molecule has 2 aromatic carbocycles. The number of hydrogen-bond donors (Lipinski definition) is 2. The Bertz CT molecular complexity index is 1250. The quantitative estimate of drug-likeness (QED) is 0.202. The summed E-state index contributed by atoms with van der Waals surface area (Å²) >= 11 is 0. The number of benzene rings is 2. The largest absolute Gasteiger partial charge is 0.773 e. The molecule has 0 radical (unpaired) electrons. The molecular weight excluding hydrogens is 605 g/mol. The lowest BCUT2D eigenvalue weighted by Crippen LogP contribution is -3.11. The molecule has 3 aromatic rings. The summed E-state index contributed by atoms with van der Waals surface area (Å²) in [5, 5.41) is 20.5. The second kappa shape index (κ2) is 21.6. The average Bonchev–Trinajstić information content (AvgIpc) is 3.53. The molecule has 0 aliphatic heterocycles. The normalized spacial score (nSPS) is 12.5. The molecule has 1 aromatic heterocycles. The zero-order valence-corrected chi connectivity index (χ0v) is 29.6. The summed E-state index contributed by atoms with van der Waals surface area (Å²) < 4.78 is 17.4. The van der Waals surface area contributed by atoms with Crippen LogP contribution in [0.1, 0.15) is 65.3 Å². The molecule has 0 saturated heterocycles. The van der Waals surface area contributed by atoms with Gasteiger partial charge < -0.3 is 33.7 Å². The van der Waals surface area contributed by atoms with Crippen LogP contribution in [0.15, 0.2) is 66.9 Å². The van der Waals surface area contributed by atoms with Gasteiger partial charge in [0.15, 0.2) is 7.60 Å². The lowest BCUT2D eigenvalue weighted by Gasteiger charge is -2.35. The molecule has 0 fully saturated rings. The first-order chi connectivity index (χ1) is 21.9. The van der Waals surface area contributed by atoms with Gasteiger partial charge >= 0.3 is 0 Å². The summed E-state index contributed by atoms with van der Waals surface area (Å²) in [5.41, 5.74) is -0.756. The first-order valence-corrected chi connectivity index (χ1v) is 17.8. The minimum atomic E-state index is -4.58. The Labute approximate surface area is 275 Å². The van der Waals surface area contributed by atoms with Gasteiger partial charge in [0.25, 0.3) is 0 Å². The number of carbonyl (C=O) groups is 2. The SMILES string of the molecule is CC(=O)P(=O)([O-])OCCc1cn(C(Cc2ccccc2)(Cc2ccccc2)C(=O)[O-])nn1.CC[NH+](CC)CC.CC[NH+](CC)CC. The molecule has 46 heavy (non-hydrogen) atoms. The predicted octanol–water partition coefficient (Wildman–Crippen LogP) is 0.730. The monoisotopic (exact) mass is 659 g/mol. The van der Waals surface area contributed by atoms with Crippen LogP contribution < -0.4 is 19.8 Å². The smallest absolute Gasteiger partial charge is 0.200 e. The lowest BCUT2D eigenvalue weighted by atomic mass is 9.84. The van der Waals surface area contributed by atoms with Crippen LogP contribution in [-0.2, 0) is 43.5 Å². The van der Waals surface area contributed by atoms with E-state index in [-0.39, 0.29) is 25.9 Å². The molecule has 3 rings (SSSR count). The number of carboxylic acid groups (broad SMARTS) is 1. The standard InChI is InChI=1S/C22H24N3O6P.2C6H15N/c1-17(26)32(29,30)31-13-12-20-16-25(24-23-20)22(21(27)28,14-18-8-4-2-5-9-18)15-19-10-6-3-7-11-19;2*1-4-7(5-2)6-3/h2-11,16H,12-15H2,1H3,(H,27,28)(H,29,30);2*4-6H2,1-3H3. The fraction of sp³-hybridized carbons (Fsp3) is 0.529. The zero-order chi connectivity index (χ0) is 34.6. The third-order valence-electron chi connectivity index (χ3n) is 8.04. The Morgan fingerprint density at radius 2 is 1.22 bits per heavy atom. The number of aromatic nitrogens is 3. The van der Waals surface area contributed by atoms with E-state index in [9.17, 15) is 24.2 Å². The van der Waals surface area contributed by atoms with E-state index in [4.69, 9.17) is 0 Å². The molecule has 11 nitrogen and oxygen atoms in total. The van der Waals surface area contributed by atoms with Crippen LogP contribution >= 0.6 is 7.60 Å². The topological polar surface area (TPSA) is 146 Å². The first-order valence-electron chi connectivity index (χ1n) is 16.3. The minimum absolute atomic E-state index is 0.0271. The molecule has 1 heterocycles. The molecule has 1 unspecified atom stereocenters. The van der Waals surface area contributed by atoms with E-state index in [1.807, 2.05) is 60.7 Å². The number of carboxylic acids is 1. The van der Waals surface area contributed by atoms with Gasteiger partial charge in [0.2, 0.25) is 5.52 Å². The highest BCUT2D eigenvalue weighted by Crippen LogP contribution is 2.37. The van der Waals surface area contributed by atoms with Gasteiger partial charge in [-0.1, -0.05) is 65.9 Å². The molecule has 0 aliphatic carbocycles. The second-order valence-corrected chi connectivity index (χ2v) is 12.9. The third-order valence-corrected chi connectivity index (χ3v) is 9.34. The molecular formula is C34H54N5O6P. The van der Waals surface area contributed by atoms with Crippen molar-refractivity contribution in [2.24, 2.45) is 0 Å². The van der Waals surface area contributed by atoms with Crippen molar-refractivity contribution in [1.82, 2.24) is 15.0 Å². The molecule has 0 bridgehead atoms. The maximum absolute atomic E-state index is 12.5. The van der Waals surface area contributed by atoms with Gasteiger partial charge in [0, 0.05) is 32.4 Å². The summed E-state index contributed by atoms with van der Waals surface area (Å²) in [7, 11) is -4.58. The van der Waals surface area contributed by atoms with Crippen LogP contribution in [0.2, 0.25) is 0 Å². The predicted molar refractivity (Wildman–Crippen MR) is 176 cm³/mol. The van der Waals surface area contributed by atoms with Crippen LogP contribution in [0.3, 0.4) is 0 Å². The van der Waals surface area contributed by atoms with Crippen molar-refractivity contribution in [3.63, 3.8) is 0 Å². The van der Waals surface area contributed by atoms with Crippen LogP contribution in [0.5, 0.6) is 0 Å². The van der Waals surface area contributed by atoms with Gasteiger partial charge in [-0.15, -0.1) is 5.10 Å². The highest BCUT2D eigenvalue weighted by Gasteiger charge is 2.36. The van der Waals surface area contributed by atoms with E-state index >= 15 is 0 Å². The summed E-state index contributed by atoms with van der Waals surface area (Å²) in [4.78, 5) is 38.5. The third kappa shape index (κ3) is 13.6. The molecule has 0 amide bonds. The van der Waals surface area contributed by atoms with Gasteiger partial charge in [0.1, 0.15) is 5.54 Å². The number of hydrogen-bond acceptors (Lipinski definition) is 8. The van der Waals surface area contributed by atoms with E-state index in [1.54, 1.807) is 9.80 Å². The Balaban J connectivity index is 0.000000629. The highest BCUT2D eigenvalue weighted by atomic mass is 31.2. The van der Waals surface area contributed by atoms with Crippen molar-refractivity contribution < 1.29 is 38.5 Å². The molecule has 256 valence electrons. The molecule has 2 N–H and O–H groups in total. The summed E-state index contributed by atoms with van der Waals surface area (Å²) in [6, 6.07) is 18.2. The van der Waals surface area contributed by atoms with Crippen molar-refractivity contribution in [3.05, 3.63) is 83.7 Å². The van der Waals surface area contributed by atoms with Crippen LogP contribution in [-0.4, -0.2) is 72.4 Å². The van der Waals surface area contributed by atoms with E-state index in [0.29, 0.717) is 5.69 Å². The summed E-state index contributed by atoms with van der Waals surface area (Å²) in [5.74, 6) is -1.32.